The Morgan fingerprint density at radius 1 is 1.06 bits per heavy atom. The van der Waals surface area contributed by atoms with Gasteiger partial charge in [-0.3, -0.25) is 9.59 Å². The zero-order valence-electron chi connectivity index (χ0n) is 20.4. The van der Waals surface area contributed by atoms with E-state index in [0.717, 1.165) is 19.3 Å². The van der Waals surface area contributed by atoms with Crippen molar-refractivity contribution in [2.45, 2.75) is 58.2 Å². The summed E-state index contributed by atoms with van der Waals surface area (Å²) in [7, 11) is 0. The first-order valence-corrected chi connectivity index (χ1v) is 12.3. The van der Waals surface area contributed by atoms with E-state index in [1.165, 1.54) is 6.20 Å². The van der Waals surface area contributed by atoms with Crippen molar-refractivity contribution in [3.63, 3.8) is 0 Å². The van der Waals surface area contributed by atoms with Crippen LogP contribution in [0.25, 0.3) is 0 Å². The second kappa shape index (κ2) is 10.8. The molecule has 36 heavy (non-hydrogen) atoms. The highest BCUT2D eigenvalue weighted by Gasteiger charge is 2.42. The van der Waals surface area contributed by atoms with Crippen LogP contribution in [0.5, 0.6) is 0 Å². The number of alkyl halides is 3. The van der Waals surface area contributed by atoms with E-state index in [1.54, 1.807) is 17.0 Å². The molecule has 2 fully saturated rings. The van der Waals surface area contributed by atoms with Crippen LogP contribution >= 0.6 is 0 Å². The fourth-order valence-corrected chi connectivity index (χ4v) is 4.48. The van der Waals surface area contributed by atoms with Crippen molar-refractivity contribution in [1.82, 2.24) is 15.3 Å². The summed E-state index contributed by atoms with van der Waals surface area (Å²) in [5.74, 6) is -1.22. The molecule has 9 nitrogen and oxygen atoms in total. The molecule has 0 spiro atoms. The van der Waals surface area contributed by atoms with Gasteiger partial charge >= 0.3 is 6.18 Å². The average molecular weight is 509 g/mol. The van der Waals surface area contributed by atoms with Gasteiger partial charge in [0.25, 0.3) is 11.9 Å². The van der Waals surface area contributed by atoms with E-state index in [2.05, 4.69) is 20.6 Å². The summed E-state index contributed by atoms with van der Waals surface area (Å²) >= 11 is 0. The molecular formula is C24H31F3N6O3. The Balaban J connectivity index is 1.40. The van der Waals surface area contributed by atoms with Crippen LogP contribution in [0.1, 0.15) is 62.2 Å². The Morgan fingerprint density at radius 3 is 2.33 bits per heavy atom. The number of hydrogen-bond acceptors (Lipinski definition) is 7. The van der Waals surface area contributed by atoms with Crippen LogP contribution in [0.4, 0.5) is 30.7 Å². The zero-order valence-corrected chi connectivity index (χ0v) is 20.4. The number of carbonyl (C=O) groups is 2. The minimum atomic E-state index is -4.83. The molecule has 2 saturated heterocycles. The second-order valence-corrected chi connectivity index (χ2v) is 9.50. The van der Waals surface area contributed by atoms with Crippen LogP contribution in [0.3, 0.4) is 0 Å². The molecule has 0 bridgehead atoms. The Kier molecular flexibility index (Phi) is 7.70. The number of piperidine rings is 2. The molecule has 4 rings (SSSR count). The Labute approximate surface area is 207 Å². The molecule has 0 aliphatic carbocycles. The second-order valence-electron chi connectivity index (χ2n) is 9.50. The zero-order chi connectivity index (χ0) is 25.9. The third-order valence-corrected chi connectivity index (χ3v) is 6.34. The highest BCUT2D eigenvalue weighted by Crippen LogP contribution is 2.35. The Morgan fingerprint density at radius 2 is 1.75 bits per heavy atom. The van der Waals surface area contributed by atoms with Gasteiger partial charge in [-0.05, 0) is 58.1 Å². The van der Waals surface area contributed by atoms with Gasteiger partial charge in [0.15, 0.2) is 5.69 Å². The summed E-state index contributed by atoms with van der Waals surface area (Å²) in [6, 6.07) is 3.17. The van der Waals surface area contributed by atoms with Crippen LogP contribution in [-0.2, 0) is 11.0 Å². The molecule has 2 aromatic heterocycles. The average Bonchev–Trinajstić information content (AvgIpc) is 3.31. The minimum absolute atomic E-state index is 0.0400. The fraction of sp³-hybridized carbons (Fsp3) is 0.583. The van der Waals surface area contributed by atoms with Gasteiger partial charge < -0.3 is 24.9 Å². The number of nitrogens with one attached hydrogen (secondary N) is 2. The van der Waals surface area contributed by atoms with Crippen LogP contribution in [0, 0.1) is 5.92 Å². The van der Waals surface area contributed by atoms with Crippen molar-refractivity contribution < 1.29 is 27.2 Å². The number of amides is 2. The molecular weight excluding hydrogens is 477 g/mol. The number of rotatable bonds is 6. The maximum Gasteiger partial charge on any atom is 0.437 e. The Hall–Kier alpha value is -3.31. The number of pyridine rings is 1. The summed E-state index contributed by atoms with van der Waals surface area (Å²) in [5.41, 5.74) is -1.10. The normalized spacial score (nSPS) is 17.4. The lowest BCUT2D eigenvalue weighted by Crippen LogP contribution is -2.42. The minimum Gasteiger partial charge on any atom is -0.417 e. The first-order chi connectivity index (χ1) is 17.1. The molecule has 4 heterocycles. The van der Waals surface area contributed by atoms with Crippen molar-refractivity contribution in [3.05, 3.63) is 29.8 Å². The van der Waals surface area contributed by atoms with Gasteiger partial charge in [-0.2, -0.15) is 18.2 Å². The van der Waals surface area contributed by atoms with Gasteiger partial charge in [-0.25, -0.2) is 4.98 Å². The molecule has 0 radical (unpaired) electrons. The van der Waals surface area contributed by atoms with E-state index < -0.39 is 23.5 Å². The topological polar surface area (TPSA) is 104 Å². The van der Waals surface area contributed by atoms with Crippen LogP contribution in [0.15, 0.2) is 22.7 Å². The standard InChI is InChI=1S/C24H31F3N6O3/c1-15(2)29-21(34)16-8-12-32(13-9-16)18-7-6-17(14-28-18)30-22(35)19-20(24(25,26)27)31-23(36-19)33-10-4-3-5-11-33/h6-7,14-16H,3-5,8-13H2,1-2H3,(H,29,34)(H,30,35). The smallest absolute Gasteiger partial charge is 0.417 e. The first kappa shape index (κ1) is 25.8. The molecule has 2 aromatic rings. The molecule has 0 aromatic carbocycles. The summed E-state index contributed by atoms with van der Waals surface area (Å²) in [6.07, 6.45) is 0.599. The molecule has 12 heteroatoms. The van der Waals surface area contributed by atoms with E-state index in [4.69, 9.17) is 4.42 Å². The van der Waals surface area contributed by atoms with Crippen molar-refractivity contribution in [2.24, 2.45) is 5.92 Å². The Bertz CT molecular complexity index is 1060. The number of carbonyl (C=O) groups excluding carboxylic acids is 2. The third-order valence-electron chi connectivity index (χ3n) is 6.34. The molecule has 2 aliphatic heterocycles. The third kappa shape index (κ3) is 6.08. The predicted molar refractivity (Wildman–Crippen MR) is 128 cm³/mol. The van der Waals surface area contributed by atoms with Gasteiger partial charge in [0.2, 0.25) is 11.7 Å². The van der Waals surface area contributed by atoms with E-state index >= 15 is 0 Å². The van der Waals surface area contributed by atoms with E-state index in [-0.39, 0.29) is 29.6 Å². The molecule has 0 saturated carbocycles. The van der Waals surface area contributed by atoms with E-state index in [9.17, 15) is 22.8 Å². The molecule has 2 amide bonds. The first-order valence-electron chi connectivity index (χ1n) is 12.3. The largest absolute Gasteiger partial charge is 0.437 e. The SMILES string of the molecule is CC(C)NC(=O)C1CCN(c2ccc(NC(=O)c3oc(N4CCCCC4)nc3C(F)(F)F)cn2)CC1. The summed E-state index contributed by atoms with van der Waals surface area (Å²) in [6.45, 7) is 6.23. The van der Waals surface area contributed by atoms with Gasteiger partial charge in [-0.1, -0.05) is 0 Å². The van der Waals surface area contributed by atoms with Crippen molar-refractivity contribution in [1.29, 1.82) is 0 Å². The quantitative estimate of drug-likeness (QED) is 0.606. The molecule has 0 unspecified atom stereocenters. The van der Waals surface area contributed by atoms with Crippen LogP contribution < -0.4 is 20.4 Å². The fourth-order valence-electron chi connectivity index (χ4n) is 4.48. The van der Waals surface area contributed by atoms with Crippen molar-refractivity contribution in [3.8, 4) is 0 Å². The lowest BCUT2D eigenvalue weighted by atomic mass is 9.95. The van der Waals surface area contributed by atoms with Gasteiger partial charge in [0.05, 0.1) is 11.9 Å². The number of oxazole rings is 1. The number of nitrogens with zero attached hydrogens (tertiary/aromatic N) is 4. The summed E-state index contributed by atoms with van der Waals surface area (Å²) < 4.78 is 46.0. The summed E-state index contributed by atoms with van der Waals surface area (Å²) in [4.78, 5) is 36.5. The number of anilines is 3. The van der Waals surface area contributed by atoms with Gasteiger partial charge in [0, 0.05) is 38.1 Å². The maximum atomic E-state index is 13.6. The molecule has 2 aliphatic rings. The van der Waals surface area contributed by atoms with E-state index in [1.807, 2.05) is 18.7 Å². The molecule has 0 atom stereocenters. The van der Waals surface area contributed by atoms with Crippen LogP contribution in [0.2, 0.25) is 0 Å². The number of halogens is 3. The number of aromatic nitrogens is 2. The van der Waals surface area contributed by atoms with Crippen LogP contribution in [-0.4, -0.2) is 54.0 Å². The summed E-state index contributed by atoms with van der Waals surface area (Å²) in [5, 5.41) is 5.37. The van der Waals surface area contributed by atoms with E-state index in [0.29, 0.717) is 44.8 Å². The monoisotopic (exact) mass is 508 g/mol. The maximum absolute atomic E-state index is 13.6. The molecule has 196 valence electrons. The lowest BCUT2D eigenvalue weighted by molar-refractivity contribution is -0.141. The predicted octanol–water partition coefficient (Wildman–Crippen LogP) is 4.07. The number of hydrogen-bond donors (Lipinski definition) is 2. The molecule has 2 N–H and O–H groups in total. The highest BCUT2D eigenvalue weighted by atomic mass is 19.4. The van der Waals surface area contributed by atoms with Crippen molar-refractivity contribution >= 4 is 29.3 Å². The lowest BCUT2D eigenvalue weighted by Gasteiger charge is -2.32. The van der Waals surface area contributed by atoms with Gasteiger partial charge in [0.1, 0.15) is 5.82 Å². The van der Waals surface area contributed by atoms with Crippen molar-refractivity contribution in [2.75, 3.05) is 41.3 Å². The highest BCUT2D eigenvalue weighted by molar-refractivity contribution is 6.03. The van der Waals surface area contributed by atoms with Gasteiger partial charge in [-0.15, -0.1) is 0 Å².